The summed E-state index contributed by atoms with van der Waals surface area (Å²) in [6.45, 7) is 0. The van der Waals surface area contributed by atoms with Crippen molar-refractivity contribution >= 4 is 3.87 Å². The van der Waals surface area contributed by atoms with Crippen LogP contribution in [0.2, 0.25) is 5.23 Å². The van der Waals surface area contributed by atoms with Gasteiger partial charge in [-0.15, -0.1) is 0 Å². The molecule has 0 spiro atoms. The van der Waals surface area contributed by atoms with Crippen molar-refractivity contribution in [1.82, 2.24) is 0 Å². The van der Waals surface area contributed by atoms with Gasteiger partial charge in [0.05, 0.1) is 0 Å². The van der Waals surface area contributed by atoms with Crippen LogP contribution in [0.1, 0.15) is 0 Å². The Morgan fingerprint density at radius 2 is 1.29 bits per heavy atom. The summed E-state index contributed by atoms with van der Waals surface area (Å²) in [5.41, 5.74) is 0. The van der Waals surface area contributed by atoms with Crippen LogP contribution in [0, 0.1) is 0 Å². The monoisotopic (exact) mass is 233 g/mol. The van der Waals surface area contributed by atoms with E-state index in [0.717, 1.165) is 3.87 Å². The summed E-state index contributed by atoms with van der Waals surface area (Å²) >= 11 is -3.79. The molecule has 0 aromatic heterocycles. The number of hydrogen-bond acceptors (Lipinski definition) is 3. The third kappa shape index (κ3) is 1.79. The number of benzene rings is 1. The zero-order valence-electron chi connectivity index (χ0n) is 9.11. The molecule has 0 heterocycles. The first kappa shape index (κ1) is 11.9. The van der Waals surface area contributed by atoms with Crippen molar-refractivity contribution in [3.05, 3.63) is 30.3 Å². The molecule has 0 aliphatic carbocycles. The van der Waals surface area contributed by atoms with Crippen molar-refractivity contribution in [2.45, 2.75) is 5.23 Å². The van der Waals surface area contributed by atoms with Crippen molar-refractivity contribution in [2.24, 2.45) is 0 Å². The van der Waals surface area contributed by atoms with E-state index >= 15 is 0 Å². The summed E-state index contributed by atoms with van der Waals surface area (Å²) < 4.78 is 17.7. The molecule has 14 heavy (non-hydrogen) atoms. The Morgan fingerprint density at radius 3 is 1.64 bits per heavy atom. The fourth-order valence-corrected chi connectivity index (χ4v) is 4.76. The van der Waals surface area contributed by atoms with E-state index in [0.29, 0.717) is 0 Å². The molecule has 0 bridgehead atoms. The molecular formula is C10H17O3Ti. The van der Waals surface area contributed by atoms with Crippen molar-refractivity contribution < 1.29 is 26.4 Å². The van der Waals surface area contributed by atoms with Crippen LogP contribution in [0.3, 0.4) is 0 Å². The van der Waals surface area contributed by atoms with Gasteiger partial charge in [-0.05, 0) is 0 Å². The average molecular weight is 233 g/mol. The molecule has 0 radical (unpaired) electrons. The summed E-state index contributed by atoms with van der Waals surface area (Å²) in [5.74, 6) is 0. The number of rotatable bonds is 4. The number of hydrogen-bond donors (Lipinski definition) is 0. The van der Waals surface area contributed by atoms with E-state index in [1.54, 1.807) is 21.3 Å². The van der Waals surface area contributed by atoms with Gasteiger partial charge < -0.3 is 0 Å². The van der Waals surface area contributed by atoms with E-state index < -0.39 is 16.5 Å². The Balaban J connectivity index is 3.25. The maximum atomic E-state index is 5.56. The molecule has 79 valence electrons. The van der Waals surface area contributed by atoms with Crippen LogP contribution in [0.4, 0.5) is 0 Å². The first-order valence-corrected chi connectivity index (χ1v) is 8.75. The first-order valence-electron chi connectivity index (χ1n) is 4.50. The summed E-state index contributed by atoms with van der Waals surface area (Å²) in [6, 6.07) is 9.83. The van der Waals surface area contributed by atoms with Gasteiger partial charge >= 0.3 is 87.2 Å². The van der Waals surface area contributed by atoms with Crippen LogP contribution < -0.4 is 3.87 Å². The van der Waals surface area contributed by atoms with E-state index in [4.69, 9.17) is 9.96 Å². The Bertz CT molecular complexity index is 284. The Hall–Kier alpha value is -0.186. The van der Waals surface area contributed by atoms with Crippen LogP contribution >= 0.6 is 0 Å². The van der Waals surface area contributed by atoms with Crippen LogP contribution in [0.15, 0.2) is 30.3 Å². The van der Waals surface area contributed by atoms with Crippen LogP contribution in [-0.4, -0.2) is 21.3 Å². The molecule has 0 unspecified atom stereocenters. The molecular weight excluding hydrogens is 216 g/mol. The molecule has 1 aromatic carbocycles. The van der Waals surface area contributed by atoms with E-state index in [-0.39, 0.29) is 0 Å². The van der Waals surface area contributed by atoms with Gasteiger partial charge in [0.1, 0.15) is 0 Å². The predicted molar refractivity (Wildman–Crippen MR) is 53.0 cm³/mol. The second-order valence-electron chi connectivity index (χ2n) is 3.40. The minimum absolute atomic E-state index is 1.01. The molecule has 0 amide bonds. The van der Waals surface area contributed by atoms with Crippen LogP contribution in [0.25, 0.3) is 0 Å². The van der Waals surface area contributed by atoms with E-state index in [2.05, 4.69) is 0 Å². The van der Waals surface area contributed by atoms with Gasteiger partial charge in [-0.25, -0.2) is 0 Å². The van der Waals surface area contributed by atoms with Crippen LogP contribution in [0.5, 0.6) is 0 Å². The molecule has 0 aliphatic heterocycles. The third-order valence-electron chi connectivity index (χ3n) is 2.83. The topological polar surface area (TPSA) is 27.7 Å². The second kappa shape index (κ2) is 4.13. The molecule has 0 fully saturated rings. The summed E-state index contributed by atoms with van der Waals surface area (Å²) in [4.78, 5) is 0. The fraction of sp³-hybridized carbons (Fsp3) is 0.400. The summed E-state index contributed by atoms with van der Waals surface area (Å²) in [6.07, 6.45) is 0. The zero-order chi connectivity index (χ0) is 10.7. The van der Waals surface area contributed by atoms with E-state index in [1.165, 1.54) is 0 Å². The Kier molecular flexibility index (Phi) is 3.51. The Labute approximate surface area is 87.3 Å². The summed E-state index contributed by atoms with van der Waals surface area (Å²) in [7, 11) is 4.91. The predicted octanol–water partition coefficient (Wildman–Crippen LogP) is 1.73. The van der Waals surface area contributed by atoms with Gasteiger partial charge in [0.25, 0.3) is 0 Å². The van der Waals surface area contributed by atoms with Gasteiger partial charge in [-0.3, -0.25) is 0 Å². The van der Waals surface area contributed by atoms with Crippen molar-refractivity contribution in [1.29, 1.82) is 0 Å². The molecule has 0 aliphatic rings. The van der Waals surface area contributed by atoms with Crippen LogP contribution in [-0.2, 0) is 26.4 Å². The molecule has 0 atom stereocenters. The van der Waals surface area contributed by atoms with Gasteiger partial charge in [-0.1, -0.05) is 0 Å². The molecule has 4 heteroatoms. The van der Waals surface area contributed by atoms with Gasteiger partial charge in [0.15, 0.2) is 0 Å². The summed E-state index contributed by atoms with van der Waals surface area (Å²) in [5, 5.41) is 1.94. The molecule has 0 saturated carbocycles. The zero-order valence-corrected chi connectivity index (χ0v) is 10.7. The Morgan fingerprint density at radius 1 is 0.857 bits per heavy atom. The normalized spacial score (nSPS) is 14.7. The van der Waals surface area contributed by atoms with E-state index in [1.807, 2.05) is 35.6 Å². The minimum atomic E-state index is -3.79. The molecule has 0 N–H and O–H groups in total. The maximum absolute atomic E-state index is 5.56. The quantitative estimate of drug-likeness (QED) is 0.741. The van der Waals surface area contributed by atoms with Crippen molar-refractivity contribution in [3.63, 3.8) is 0 Å². The van der Waals surface area contributed by atoms with Crippen molar-refractivity contribution in [2.75, 3.05) is 21.3 Å². The third-order valence-corrected chi connectivity index (χ3v) is 9.79. The van der Waals surface area contributed by atoms with Gasteiger partial charge in [-0.2, -0.15) is 0 Å². The van der Waals surface area contributed by atoms with Gasteiger partial charge in [0, 0.05) is 0 Å². The average Bonchev–Trinajstić information content (AvgIpc) is 2.30. The van der Waals surface area contributed by atoms with E-state index in [9.17, 15) is 0 Å². The molecule has 3 nitrogen and oxygen atoms in total. The molecule has 1 rings (SSSR count). The SMILES string of the molecule is C[O][Ti]([CH3])([O]C)([O]C)[c]1ccccc1. The first-order chi connectivity index (χ1) is 6.59. The standard InChI is InChI=1S/C6H5.3CH3O.CH3.Ti/c1-2-4-6-5-3-1;3*1-2;;/h1-5H;3*1H3;1H3;/q;3*-1;;+3. The van der Waals surface area contributed by atoms with Gasteiger partial charge in [0.2, 0.25) is 0 Å². The fourth-order valence-electron chi connectivity index (χ4n) is 1.41. The molecule has 1 aromatic rings. The van der Waals surface area contributed by atoms with Crippen molar-refractivity contribution in [3.8, 4) is 0 Å². The molecule has 0 saturated heterocycles. The second-order valence-corrected chi connectivity index (χ2v) is 10.6.